The fourth-order valence-electron chi connectivity index (χ4n) is 3.15. The minimum absolute atomic E-state index is 0.0848. The first-order valence-corrected chi connectivity index (χ1v) is 8.44. The lowest BCUT2D eigenvalue weighted by atomic mass is 9.78. The quantitative estimate of drug-likeness (QED) is 0.733. The van der Waals surface area contributed by atoms with Gasteiger partial charge in [0.05, 0.1) is 6.61 Å². The van der Waals surface area contributed by atoms with Crippen molar-refractivity contribution in [2.45, 2.75) is 32.2 Å². The van der Waals surface area contributed by atoms with E-state index in [4.69, 9.17) is 10.5 Å². The topological polar surface area (TPSA) is 89.7 Å². The monoisotopic (exact) mass is 290 g/mol. The Balaban J connectivity index is 2.01. The van der Waals surface area contributed by atoms with E-state index in [-0.39, 0.29) is 18.6 Å². The van der Waals surface area contributed by atoms with E-state index in [2.05, 4.69) is 0 Å². The van der Waals surface area contributed by atoms with Crippen LogP contribution < -0.4 is 5.73 Å². The number of fused-ring (bicyclic) bond motifs is 1. The number of nitrogens with zero attached hydrogens (tertiary/aromatic N) is 1. The van der Waals surface area contributed by atoms with Crippen LogP contribution in [0, 0.1) is 11.8 Å². The SMILES string of the molecule is CCOC(=O)CS(=O)(=O)N1CC2CCCC(N)C2C1. The molecule has 0 aromatic carbocycles. The molecule has 0 radical (unpaired) electrons. The average molecular weight is 290 g/mol. The van der Waals surface area contributed by atoms with Gasteiger partial charge in [0.15, 0.2) is 5.75 Å². The van der Waals surface area contributed by atoms with E-state index in [9.17, 15) is 13.2 Å². The zero-order chi connectivity index (χ0) is 14.0. The van der Waals surface area contributed by atoms with E-state index in [0.717, 1.165) is 19.3 Å². The van der Waals surface area contributed by atoms with Crippen LogP contribution in [-0.4, -0.2) is 50.2 Å². The van der Waals surface area contributed by atoms with E-state index < -0.39 is 21.7 Å². The molecule has 3 unspecified atom stereocenters. The molecule has 1 saturated heterocycles. The van der Waals surface area contributed by atoms with E-state index in [0.29, 0.717) is 19.0 Å². The van der Waals surface area contributed by atoms with Gasteiger partial charge < -0.3 is 10.5 Å². The summed E-state index contributed by atoms with van der Waals surface area (Å²) in [5, 5.41) is 0. The molecule has 3 atom stereocenters. The predicted octanol–water partition coefficient (Wildman–Crippen LogP) is -0.0615. The maximum Gasteiger partial charge on any atom is 0.322 e. The molecule has 2 rings (SSSR count). The molecule has 2 fully saturated rings. The normalized spacial score (nSPS) is 32.0. The van der Waals surface area contributed by atoms with Gasteiger partial charge in [-0.3, -0.25) is 4.79 Å². The summed E-state index contributed by atoms with van der Waals surface area (Å²) >= 11 is 0. The lowest BCUT2D eigenvalue weighted by molar-refractivity contribution is -0.140. The van der Waals surface area contributed by atoms with Crippen LogP contribution in [0.5, 0.6) is 0 Å². The molecule has 19 heavy (non-hydrogen) atoms. The lowest BCUT2D eigenvalue weighted by Gasteiger charge is -2.29. The van der Waals surface area contributed by atoms with Gasteiger partial charge in [0, 0.05) is 19.1 Å². The second-order valence-electron chi connectivity index (χ2n) is 5.40. The largest absolute Gasteiger partial charge is 0.465 e. The zero-order valence-corrected chi connectivity index (χ0v) is 12.1. The van der Waals surface area contributed by atoms with Gasteiger partial charge in [-0.15, -0.1) is 0 Å². The van der Waals surface area contributed by atoms with Crippen LogP contribution in [0.3, 0.4) is 0 Å². The standard InChI is InChI=1S/C12H22N2O4S/c1-2-18-12(15)8-19(16,17)14-6-9-4-3-5-11(13)10(9)7-14/h9-11H,2-8,13H2,1H3. The number of ether oxygens (including phenoxy) is 1. The van der Waals surface area contributed by atoms with E-state index in [1.807, 2.05) is 0 Å². The molecule has 110 valence electrons. The number of hydrogen-bond acceptors (Lipinski definition) is 5. The summed E-state index contributed by atoms with van der Waals surface area (Å²) in [7, 11) is -3.56. The van der Waals surface area contributed by atoms with Crippen molar-refractivity contribution in [2.75, 3.05) is 25.4 Å². The van der Waals surface area contributed by atoms with Crippen molar-refractivity contribution < 1.29 is 17.9 Å². The van der Waals surface area contributed by atoms with Crippen molar-refractivity contribution >= 4 is 16.0 Å². The molecule has 1 aliphatic carbocycles. The number of carbonyl (C=O) groups excluding carboxylic acids is 1. The Kier molecular flexibility index (Phi) is 4.47. The Morgan fingerprint density at radius 2 is 2.11 bits per heavy atom. The predicted molar refractivity (Wildman–Crippen MR) is 70.8 cm³/mol. The van der Waals surface area contributed by atoms with E-state index in [1.165, 1.54) is 4.31 Å². The summed E-state index contributed by atoms with van der Waals surface area (Å²) in [5.41, 5.74) is 6.06. The average Bonchev–Trinajstić information content (AvgIpc) is 2.74. The minimum atomic E-state index is -3.56. The van der Waals surface area contributed by atoms with E-state index >= 15 is 0 Å². The van der Waals surface area contributed by atoms with Gasteiger partial charge in [-0.2, -0.15) is 0 Å². The van der Waals surface area contributed by atoms with Crippen molar-refractivity contribution in [1.82, 2.24) is 4.31 Å². The van der Waals surface area contributed by atoms with Crippen molar-refractivity contribution in [3.63, 3.8) is 0 Å². The highest BCUT2D eigenvalue weighted by Crippen LogP contribution is 2.36. The third-order valence-electron chi connectivity index (χ3n) is 4.12. The van der Waals surface area contributed by atoms with Crippen LogP contribution in [-0.2, 0) is 19.6 Å². The number of carbonyl (C=O) groups is 1. The molecule has 0 bridgehead atoms. The highest BCUT2D eigenvalue weighted by atomic mass is 32.2. The molecule has 2 N–H and O–H groups in total. The summed E-state index contributed by atoms with van der Waals surface area (Å²) < 4.78 is 30.4. The molecule has 0 aromatic heterocycles. The second-order valence-corrected chi connectivity index (χ2v) is 7.37. The summed E-state index contributed by atoms with van der Waals surface area (Å²) in [6.07, 6.45) is 3.06. The molecule has 7 heteroatoms. The Morgan fingerprint density at radius 1 is 1.37 bits per heavy atom. The molecule has 2 aliphatic rings. The van der Waals surface area contributed by atoms with Gasteiger partial charge in [-0.25, -0.2) is 12.7 Å². The highest BCUT2D eigenvalue weighted by Gasteiger charge is 2.43. The maximum absolute atomic E-state index is 12.2. The van der Waals surface area contributed by atoms with Gasteiger partial charge in [-0.05, 0) is 31.6 Å². The Morgan fingerprint density at radius 3 is 2.74 bits per heavy atom. The number of esters is 1. The minimum Gasteiger partial charge on any atom is -0.465 e. The second kappa shape index (κ2) is 5.76. The molecule has 0 spiro atoms. The molecule has 1 saturated carbocycles. The van der Waals surface area contributed by atoms with E-state index in [1.54, 1.807) is 6.92 Å². The molecule has 0 aromatic rings. The fraction of sp³-hybridized carbons (Fsp3) is 0.917. The number of rotatable bonds is 4. The number of nitrogens with two attached hydrogens (primary N) is 1. The van der Waals surface area contributed by atoms with Gasteiger partial charge in [0.2, 0.25) is 10.0 Å². The van der Waals surface area contributed by atoms with Crippen LogP contribution in [0.15, 0.2) is 0 Å². The lowest BCUT2D eigenvalue weighted by Crippen LogP contribution is -2.39. The third-order valence-corrected chi connectivity index (χ3v) is 5.80. The third kappa shape index (κ3) is 3.27. The van der Waals surface area contributed by atoms with Crippen LogP contribution in [0.1, 0.15) is 26.2 Å². The molecule has 1 aliphatic heterocycles. The van der Waals surface area contributed by atoms with Crippen LogP contribution in [0.2, 0.25) is 0 Å². The van der Waals surface area contributed by atoms with Crippen LogP contribution >= 0.6 is 0 Å². The van der Waals surface area contributed by atoms with Gasteiger partial charge >= 0.3 is 5.97 Å². The highest BCUT2D eigenvalue weighted by molar-refractivity contribution is 7.89. The van der Waals surface area contributed by atoms with Crippen LogP contribution in [0.25, 0.3) is 0 Å². The summed E-state index contributed by atoms with van der Waals surface area (Å²) in [6, 6.07) is 0.0848. The van der Waals surface area contributed by atoms with Crippen molar-refractivity contribution in [2.24, 2.45) is 17.6 Å². The van der Waals surface area contributed by atoms with Crippen molar-refractivity contribution in [3.8, 4) is 0 Å². The molecule has 0 amide bonds. The van der Waals surface area contributed by atoms with Gasteiger partial charge in [0.25, 0.3) is 0 Å². The fourth-order valence-corrected chi connectivity index (χ4v) is 4.53. The first-order valence-electron chi connectivity index (χ1n) is 6.83. The molecule has 1 heterocycles. The zero-order valence-electron chi connectivity index (χ0n) is 11.2. The van der Waals surface area contributed by atoms with Gasteiger partial charge in [-0.1, -0.05) is 6.42 Å². The van der Waals surface area contributed by atoms with Crippen molar-refractivity contribution in [1.29, 1.82) is 0 Å². The number of hydrogen-bond donors (Lipinski definition) is 1. The van der Waals surface area contributed by atoms with Crippen molar-refractivity contribution in [3.05, 3.63) is 0 Å². The first kappa shape index (κ1) is 14.7. The Labute approximate surface area is 114 Å². The first-order chi connectivity index (χ1) is 8.94. The molecular formula is C12H22N2O4S. The van der Waals surface area contributed by atoms with Crippen LogP contribution in [0.4, 0.5) is 0 Å². The molecular weight excluding hydrogens is 268 g/mol. The summed E-state index contributed by atoms with van der Waals surface area (Å²) in [4.78, 5) is 11.3. The molecule has 6 nitrogen and oxygen atoms in total. The maximum atomic E-state index is 12.2. The Hall–Kier alpha value is -0.660. The smallest absolute Gasteiger partial charge is 0.322 e. The number of sulfonamides is 1. The summed E-state index contributed by atoms with van der Waals surface area (Å²) in [6.45, 7) is 2.81. The van der Waals surface area contributed by atoms with Gasteiger partial charge in [0.1, 0.15) is 0 Å². The Bertz CT molecular complexity index is 437. The summed E-state index contributed by atoms with van der Waals surface area (Å²) in [5.74, 6) is -0.650.